The Kier molecular flexibility index (Phi) is 4.43. The maximum absolute atomic E-state index is 12.9. The number of carbonyl (C=O) groups is 2. The summed E-state index contributed by atoms with van der Waals surface area (Å²) in [6.07, 6.45) is 8.86. The van der Waals surface area contributed by atoms with Crippen LogP contribution in [-0.4, -0.2) is 57.9 Å². The molecule has 3 heterocycles. The molecule has 1 aromatic heterocycles. The maximum atomic E-state index is 12.9. The molecule has 0 spiro atoms. The van der Waals surface area contributed by atoms with Crippen molar-refractivity contribution in [3.05, 3.63) is 11.7 Å². The number of rotatable bonds is 5. The molecule has 4 fully saturated rings. The molecule has 0 radical (unpaired) electrons. The van der Waals surface area contributed by atoms with E-state index >= 15 is 0 Å². The standard InChI is InChI=1S/C21H30N4O3/c1-14-22-20(28-23-14)21-12-24(18(26)9-6-15-4-2-3-5-15)10-17(21)11-25(13-21)19(27)16-7-8-16/h15-17H,2-13H2,1H3. The summed E-state index contributed by atoms with van der Waals surface area (Å²) in [5.41, 5.74) is -0.394. The highest BCUT2D eigenvalue weighted by molar-refractivity contribution is 5.82. The van der Waals surface area contributed by atoms with E-state index in [-0.39, 0.29) is 23.7 Å². The second kappa shape index (κ2) is 6.85. The van der Waals surface area contributed by atoms with Crippen LogP contribution in [-0.2, 0) is 15.0 Å². The largest absolute Gasteiger partial charge is 0.341 e. The van der Waals surface area contributed by atoms with Gasteiger partial charge in [-0.25, -0.2) is 0 Å². The second-order valence-electron chi connectivity index (χ2n) is 9.46. The van der Waals surface area contributed by atoms with Crippen molar-refractivity contribution < 1.29 is 14.1 Å². The third-order valence-corrected chi connectivity index (χ3v) is 7.39. The summed E-state index contributed by atoms with van der Waals surface area (Å²) in [6, 6.07) is 0. The summed E-state index contributed by atoms with van der Waals surface area (Å²) in [4.78, 5) is 34.1. The lowest BCUT2D eigenvalue weighted by molar-refractivity contribution is -0.132. The first-order chi connectivity index (χ1) is 13.5. The van der Waals surface area contributed by atoms with Crippen LogP contribution in [0.2, 0.25) is 0 Å². The summed E-state index contributed by atoms with van der Waals surface area (Å²) in [5.74, 6) is 2.86. The van der Waals surface area contributed by atoms with Crippen molar-refractivity contribution in [3.63, 3.8) is 0 Å². The third-order valence-electron chi connectivity index (χ3n) is 7.39. The van der Waals surface area contributed by atoms with Crippen molar-refractivity contribution in [2.24, 2.45) is 17.8 Å². The van der Waals surface area contributed by atoms with Crippen LogP contribution >= 0.6 is 0 Å². The molecular formula is C21H30N4O3. The molecule has 4 aliphatic rings. The predicted molar refractivity (Wildman–Crippen MR) is 101 cm³/mol. The monoisotopic (exact) mass is 386 g/mol. The van der Waals surface area contributed by atoms with Crippen LogP contribution in [0.4, 0.5) is 0 Å². The van der Waals surface area contributed by atoms with Crippen LogP contribution < -0.4 is 0 Å². The number of amides is 2. The number of hydrogen-bond acceptors (Lipinski definition) is 5. The molecule has 7 heteroatoms. The van der Waals surface area contributed by atoms with E-state index in [4.69, 9.17) is 4.52 Å². The van der Waals surface area contributed by atoms with Gasteiger partial charge in [-0.2, -0.15) is 4.98 Å². The van der Waals surface area contributed by atoms with Crippen LogP contribution in [0.3, 0.4) is 0 Å². The topological polar surface area (TPSA) is 79.5 Å². The summed E-state index contributed by atoms with van der Waals surface area (Å²) < 4.78 is 5.59. The van der Waals surface area contributed by atoms with E-state index in [1.54, 1.807) is 0 Å². The van der Waals surface area contributed by atoms with Crippen molar-refractivity contribution in [1.82, 2.24) is 19.9 Å². The highest BCUT2D eigenvalue weighted by Gasteiger charge is 2.59. The van der Waals surface area contributed by atoms with Gasteiger partial charge in [0.1, 0.15) is 0 Å². The van der Waals surface area contributed by atoms with Gasteiger partial charge in [-0.15, -0.1) is 0 Å². The predicted octanol–water partition coefficient (Wildman–Crippen LogP) is 2.30. The average Bonchev–Trinajstić information content (AvgIpc) is 3.05. The lowest BCUT2D eigenvalue weighted by atomic mass is 9.81. The van der Waals surface area contributed by atoms with Gasteiger partial charge in [-0.05, 0) is 32.1 Å². The van der Waals surface area contributed by atoms with Crippen LogP contribution in [0, 0.1) is 24.7 Å². The zero-order valence-electron chi connectivity index (χ0n) is 16.7. The van der Waals surface area contributed by atoms with Gasteiger partial charge in [0.05, 0.1) is 5.41 Å². The molecule has 2 aliphatic heterocycles. The van der Waals surface area contributed by atoms with E-state index in [0.29, 0.717) is 44.3 Å². The molecule has 0 bridgehead atoms. The Morgan fingerprint density at radius 2 is 1.82 bits per heavy atom. The molecule has 2 saturated carbocycles. The van der Waals surface area contributed by atoms with Gasteiger partial charge in [0.25, 0.3) is 0 Å². The van der Waals surface area contributed by atoms with Crippen LogP contribution in [0.1, 0.15) is 63.1 Å². The van der Waals surface area contributed by atoms with Gasteiger partial charge in [-0.3, -0.25) is 9.59 Å². The Bertz CT molecular complexity index is 767. The Hall–Kier alpha value is -1.92. The molecule has 1 aromatic rings. The van der Waals surface area contributed by atoms with Crippen molar-refractivity contribution in [2.45, 2.75) is 63.7 Å². The van der Waals surface area contributed by atoms with Crippen molar-refractivity contribution >= 4 is 11.8 Å². The van der Waals surface area contributed by atoms with Crippen molar-refractivity contribution in [2.75, 3.05) is 26.2 Å². The quantitative estimate of drug-likeness (QED) is 0.776. The zero-order chi connectivity index (χ0) is 19.3. The first-order valence-corrected chi connectivity index (χ1v) is 10.9. The molecule has 2 unspecified atom stereocenters. The molecule has 5 rings (SSSR count). The fraction of sp³-hybridized carbons (Fsp3) is 0.810. The van der Waals surface area contributed by atoms with E-state index in [0.717, 1.165) is 25.2 Å². The Morgan fingerprint density at radius 3 is 2.50 bits per heavy atom. The molecule has 2 atom stereocenters. The minimum absolute atomic E-state index is 0.186. The Balaban J connectivity index is 1.31. The summed E-state index contributed by atoms with van der Waals surface area (Å²) >= 11 is 0. The molecular weight excluding hydrogens is 356 g/mol. The molecule has 152 valence electrons. The average molecular weight is 386 g/mol. The zero-order valence-corrected chi connectivity index (χ0v) is 16.7. The number of aryl methyl sites for hydroxylation is 1. The van der Waals surface area contributed by atoms with E-state index in [9.17, 15) is 9.59 Å². The highest BCUT2D eigenvalue weighted by Crippen LogP contribution is 2.46. The lowest BCUT2D eigenvalue weighted by Crippen LogP contribution is -2.41. The third kappa shape index (κ3) is 3.12. The molecule has 2 saturated heterocycles. The number of fused-ring (bicyclic) bond motifs is 1. The van der Waals surface area contributed by atoms with Crippen molar-refractivity contribution in [3.8, 4) is 0 Å². The molecule has 0 N–H and O–H groups in total. The van der Waals surface area contributed by atoms with Gasteiger partial charge in [-0.1, -0.05) is 30.8 Å². The van der Waals surface area contributed by atoms with Crippen LogP contribution in [0.25, 0.3) is 0 Å². The fourth-order valence-electron chi connectivity index (χ4n) is 5.60. The number of nitrogens with zero attached hydrogens (tertiary/aromatic N) is 4. The van der Waals surface area contributed by atoms with Crippen molar-refractivity contribution in [1.29, 1.82) is 0 Å². The minimum Gasteiger partial charge on any atom is -0.341 e. The molecule has 0 aromatic carbocycles. The molecule has 7 nitrogen and oxygen atoms in total. The van der Waals surface area contributed by atoms with E-state index < -0.39 is 5.41 Å². The molecule has 2 amide bonds. The van der Waals surface area contributed by atoms with Crippen LogP contribution in [0.5, 0.6) is 0 Å². The highest BCUT2D eigenvalue weighted by atomic mass is 16.5. The maximum Gasteiger partial charge on any atom is 0.236 e. The number of aromatic nitrogens is 2. The lowest BCUT2D eigenvalue weighted by Gasteiger charge is -2.26. The van der Waals surface area contributed by atoms with E-state index in [1.807, 2.05) is 16.7 Å². The fourth-order valence-corrected chi connectivity index (χ4v) is 5.60. The Labute approximate surface area is 165 Å². The van der Waals surface area contributed by atoms with Gasteiger partial charge < -0.3 is 14.3 Å². The minimum atomic E-state index is -0.394. The number of carbonyl (C=O) groups excluding carboxylic acids is 2. The Morgan fingerprint density at radius 1 is 1.11 bits per heavy atom. The smallest absolute Gasteiger partial charge is 0.236 e. The molecule has 2 aliphatic carbocycles. The van der Waals surface area contributed by atoms with Gasteiger partial charge in [0.2, 0.25) is 17.7 Å². The first-order valence-electron chi connectivity index (χ1n) is 10.9. The molecule has 28 heavy (non-hydrogen) atoms. The summed E-state index contributed by atoms with van der Waals surface area (Å²) in [5, 5.41) is 4.00. The number of likely N-dealkylation sites (tertiary alicyclic amines) is 2. The second-order valence-corrected chi connectivity index (χ2v) is 9.46. The van der Waals surface area contributed by atoms with Gasteiger partial charge in [0, 0.05) is 44.4 Å². The van der Waals surface area contributed by atoms with E-state index in [2.05, 4.69) is 10.1 Å². The van der Waals surface area contributed by atoms with Gasteiger partial charge in [0.15, 0.2) is 5.82 Å². The normalized spacial score (nSPS) is 30.2. The van der Waals surface area contributed by atoms with E-state index in [1.165, 1.54) is 25.7 Å². The van der Waals surface area contributed by atoms with Gasteiger partial charge >= 0.3 is 0 Å². The summed E-state index contributed by atoms with van der Waals surface area (Å²) in [6.45, 7) is 4.40. The first kappa shape index (κ1) is 18.1. The van der Waals surface area contributed by atoms with Crippen LogP contribution in [0.15, 0.2) is 4.52 Å². The SMILES string of the molecule is Cc1noc(C23CN(C(=O)CCC4CCCC4)CC2CN(C(=O)C2CC2)C3)n1. The summed E-state index contributed by atoms with van der Waals surface area (Å²) in [7, 11) is 0. The number of hydrogen-bond donors (Lipinski definition) is 0.